The van der Waals surface area contributed by atoms with E-state index in [0.29, 0.717) is 0 Å². The molecule has 0 saturated heterocycles. The lowest BCUT2D eigenvalue weighted by Crippen LogP contribution is -2.36. The fourth-order valence-electron chi connectivity index (χ4n) is 1.34. The zero-order valence-electron chi connectivity index (χ0n) is 10.3. The second kappa shape index (κ2) is 8.53. The number of carbonyl (C=O) groups is 1. The molecule has 0 aromatic carbocycles. The molecule has 18 heavy (non-hydrogen) atoms. The van der Waals surface area contributed by atoms with Crippen molar-refractivity contribution < 1.29 is 34.1 Å². The smallest absolute Gasteiger partial charge is 0.480 e. The van der Waals surface area contributed by atoms with Gasteiger partial charge < -0.3 is 29.3 Å². The number of hydrogen-bond donors (Lipinski definition) is 5. The van der Waals surface area contributed by atoms with E-state index in [0.717, 1.165) is 0 Å². The van der Waals surface area contributed by atoms with E-state index >= 15 is 0 Å². The molecule has 1 atom stereocenters. The highest BCUT2D eigenvalue weighted by molar-refractivity contribution is 6.56. The van der Waals surface area contributed by atoms with E-state index in [4.69, 9.17) is 24.2 Å². The maximum Gasteiger partial charge on any atom is 0.492 e. The van der Waals surface area contributed by atoms with Crippen LogP contribution in [0, 0.1) is 0 Å². The van der Waals surface area contributed by atoms with Crippen LogP contribution < -0.4 is 0 Å². The van der Waals surface area contributed by atoms with Crippen molar-refractivity contribution in [1.29, 1.82) is 0 Å². The number of aliphatic hydroxyl groups excluding tert-OH is 1. The van der Waals surface area contributed by atoms with Gasteiger partial charge in [0.2, 0.25) is 0 Å². The van der Waals surface area contributed by atoms with Gasteiger partial charge in [-0.15, -0.1) is 0 Å². The van der Waals surface area contributed by atoms with Gasteiger partial charge in [-0.2, -0.15) is 0 Å². The Morgan fingerprint density at radius 2 is 2.00 bits per heavy atom. The first-order chi connectivity index (χ1) is 8.20. The van der Waals surface area contributed by atoms with Crippen LogP contribution >= 0.6 is 0 Å². The van der Waals surface area contributed by atoms with Crippen LogP contribution in [0.1, 0.15) is 6.42 Å². The largest absolute Gasteiger partial charge is 0.492 e. The van der Waals surface area contributed by atoms with Crippen molar-refractivity contribution in [2.24, 2.45) is 0 Å². The van der Waals surface area contributed by atoms with Crippen LogP contribution in [-0.4, -0.2) is 83.7 Å². The number of likely N-dealkylation sites (N-methyl/N-ethyl adjacent to an activating group) is 1. The van der Waals surface area contributed by atoms with Crippen LogP contribution in [0.5, 0.6) is 0 Å². The van der Waals surface area contributed by atoms with Crippen LogP contribution in [0.3, 0.4) is 0 Å². The standard InChI is InChI=1S/C9H21NO7Si/c1-10(6-9(12)13)5-8(11)7-17-3-2-4-18(14,15)16/h8,11,14-16H,2-7H2,1H3,(H,12,13). The Bertz CT molecular complexity index is 246. The van der Waals surface area contributed by atoms with E-state index in [-0.39, 0.29) is 38.8 Å². The Morgan fingerprint density at radius 3 is 2.50 bits per heavy atom. The Hall–Kier alpha value is -0.553. The molecule has 0 aliphatic carbocycles. The average molecular weight is 283 g/mol. The van der Waals surface area contributed by atoms with Gasteiger partial charge in [0.1, 0.15) is 0 Å². The molecule has 9 heteroatoms. The second-order valence-electron chi connectivity index (χ2n) is 4.20. The van der Waals surface area contributed by atoms with Crippen LogP contribution in [0.2, 0.25) is 6.04 Å². The van der Waals surface area contributed by atoms with Crippen LogP contribution in [-0.2, 0) is 9.53 Å². The topological polar surface area (TPSA) is 131 Å². The van der Waals surface area contributed by atoms with Gasteiger partial charge in [-0.05, 0) is 13.5 Å². The number of carboxylic acids is 1. The van der Waals surface area contributed by atoms with E-state index in [9.17, 15) is 9.90 Å². The molecule has 5 N–H and O–H groups in total. The highest BCUT2D eigenvalue weighted by atomic mass is 28.4. The molecule has 0 aliphatic heterocycles. The van der Waals surface area contributed by atoms with Gasteiger partial charge >= 0.3 is 14.8 Å². The van der Waals surface area contributed by atoms with Crippen LogP contribution in [0.15, 0.2) is 0 Å². The number of carboxylic acid groups (broad SMARTS) is 1. The molecule has 0 rings (SSSR count). The summed E-state index contributed by atoms with van der Waals surface area (Å²) in [4.78, 5) is 37.9. The normalized spacial score (nSPS) is 13.9. The first kappa shape index (κ1) is 17.4. The summed E-state index contributed by atoms with van der Waals surface area (Å²) in [5.74, 6) is -0.972. The van der Waals surface area contributed by atoms with Crippen molar-refractivity contribution in [3.8, 4) is 0 Å². The third-order valence-electron chi connectivity index (χ3n) is 2.04. The molecule has 0 aliphatic rings. The number of nitrogens with zero attached hydrogens (tertiary/aromatic N) is 1. The average Bonchev–Trinajstić information content (AvgIpc) is 2.13. The molecule has 0 heterocycles. The summed E-state index contributed by atoms with van der Waals surface area (Å²) < 4.78 is 5.06. The SMILES string of the molecule is CN(CC(=O)O)CC(O)COCCC[Si](O)(O)O. The number of hydrogen-bond acceptors (Lipinski definition) is 7. The lowest BCUT2D eigenvalue weighted by molar-refractivity contribution is -0.138. The highest BCUT2D eigenvalue weighted by Gasteiger charge is 2.25. The molecule has 8 nitrogen and oxygen atoms in total. The number of aliphatic carboxylic acids is 1. The first-order valence-corrected chi connectivity index (χ1v) is 7.59. The van der Waals surface area contributed by atoms with E-state index < -0.39 is 20.9 Å². The Balaban J connectivity index is 3.53. The molecule has 0 aromatic rings. The molecule has 0 radical (unpaired) electrons. The zero-order chi connectivity index (χ0) is 14.2. The van der Waals surface area contributed by atoms with Crippen LogP contribution in [0.4, 0.5) is 0 Å². The predicted octanol–water partition coefficient (Wildman–Crippen LogP) is -2.31. The molecule has 0 saturated carbocycles. The molecular formula is C9H21NO7Si. The van der Waals surface area contributed by atoms with Crippen LogP contribution in [0.25, 0.3) is 0 Å². The minimum atomic E-state index is -3.99. The molecule has 108 valence electrons. The lowest BCUT2D eigenvalue weighted by atomic mass is 10.3. The van der Waals surface area contributed by atoms with Gasteiger partial charge in [0, 0.05) is 19.2 Å². The molecule has 1 unspecified atom stereocenters. The summed E-state index contributed by atoms with van der Waals surface area (Å²) in [6, 6.07) is -0.109. The Kier molecular flexibility index (Phi) is 8.27. The summed E-state index contributed by atoms with van der Waals surface area (Å²) in [5.41, 5.74) is 0. The van der Waals surface area contributed by atoms with E-state index in [1.165, 1.54) is 4.90 Å². The van der Waals surface area contributed by atoms with E-state index in [1.54, 1.807) is 7.05 Å². The summed E-state index contributed by atoms with van der Waals surface area (Å²) in [6.07, 6.45) is -0.526. The summed E-state index contributed by atoms with van der Waals surface area (Å²) in [5, 5.41) is 18.0. The van der Waals surface area contributed by atoms with E-state index in [2.05, 4.69) is 0 Å². The van der Waals surface area contributed by atoms with Gasteiger partial charge in [-0.25, -0.2) is 0 Å². The fourth-order valence-corrected chi connectivity index (χ4v) is 1.96. The van der Waals surface area contributed by atoms with Gasteiger partial charge in [-0.1, -0.05) is 0 Å². The maximum absolute atomic E-state index is 10.4. The van der Waals surface area contributed by atoms with Gasteiger partial charge in [0.05, 0.1) is 19.3 Å². The Labute approximate surface area is 106 Å². The summed E-state index contributed by atoms with van der Waals surface area (Å²) >= 11 is 0. The summed E-state index contributed by atoms with van der Waals surface area (Å²) in [7, 11) is -2.42. The fraction of sp³-hybridized carbons (Fsp3) is 0.889. The molecule has 0 fully saturated rings. The quantitative estimate of drug-likeness (QED) is 0.223. The van der Waals surface area contributed by atoms with Crippen molar-refractivity contribution in [2.75, 3.05) is 33.4 Å². The molecular weight excluding hydrogens is 262 g/mol. The van der Waals surface area contributed by atoms with Gasteiger partial charge in [-0.3, -0.25) is 9.69 Å². The molecule has 0 aromatic heterocycles. The first-order valence-electron chi connectivity index (χ1n) is 5.54. The molecule has 0 amide bonds. The van der Waals surface area contributed by atoms with Crippen molar-refractivity contribution in [2.45, 2.75) is 18.6 Å². The minimum absolute atomic E-state index is 0.0286. The highest BCUT2D eigenvalue weighted by Crippen LogP contribution is 2.01. The van der Waals surface area contributed by atoms with Crippen molar-refractivity contribution in [3.05, 3.63) is 0 Å². The number of rotatable bonds is 10. The second-order valence-corrected chi connectivity index (χ2v) is 6.25. The summed E-state index contributed by atoms with van der Waals surface area (Å²) in [6.45, 7) is 0.229. The van der Waals surface area contributed by atoms with Gasteiger partial charge in [0.25, 0.3) is 0 Å². The third-order valence-corrected chi connectivity index (χ3v) is 3.06. The monoisotopic (exact) mass is 283 g/mol. The maximum atomic E-state index is 10.4. The number of ether oxygens (including phenoxy) is 1. The number of aliphatic hydroxyl groups is 1. The zero-order valence-corrected chi connectivity index (χ0v) is 11.3. The third kappa shape index (κ3) is 11.9. The van der Waals surface area contributed by atoms with E-state index in [1.807, 2.05) is 0 Å². The van der Waals surface area contributed by atoms with Crippen molar-refractivity contribution >= 4 is 14.8 Å². The molecule has 0 spiro atoms. The van der Waals surface area contributed by atoms with Crippen molar-refractivity contribution in [3.63, 3.8) is 0 Å². The lowest BCUT2D eigenvalue weighted by Gasteiger charge is -2.18. The van der Waals surface area contributed by atoms with Gasteiger partial charge in [0.15, 0.2) is 0 Å². The molecule has 0 bridgehead atoms. The van der Waals surface area contributed by atoms with Crippen molar-refractivity contribution in [1.82, 2.24) is 4.90 Å². The Morgan fingerprint density at radius 1 is 1.39 bits per heavy atom. The predicted molar refractivity (Wildman–Crippen MR) is 63.8 cm³/mol. The minimum Gasteiger partial charge on any atom is -0.480 e.